The van der Waals surface area contributed by atoms with Gasteiger partial charge in [-0.2, -0.15) is 0 Å². The van der Waals surface area contributed by atoms with E-state index in [4.69, 9.17) is 9.47 Å². The van der Waals surface area contributed by atoms with E-state index in [0.29, 0.717) is 13.0 Å². The number of ketones is 1. The summed E-state index contributed by atoms with van der Waals surface area (Å²) in [4.78, 5) is 22.5. The van der Waals surface area contributed by atoms with Crippen molar-refractivity contribution < 1.29 is 19.1 Å². The topological polar surface area (TPSA) is 52.6 Å². The van der Waals surface area contributed by atoms with Crippen LogP contribution in [-0.2, 0) is 19.1 Å². The van der Waals surface area contributed by atoms with Crippen molar-refractivity contribution in [1.29, 1.82) is 0 Å². The van der Waals surface area contributed by atoms with Crippen molar-refractivity contribution in [2.45, 2.75) is 26.4 Å². The predicted octanol–water partition coefficient (Wildman–Crippen LogP) is 0.544. The molecule has 0 aromatic rings. The molecule has 1 heterocycles. The van der Waals surface area contributed by atoms with Crippen molar-refractivity contribution >= 4 is 11.8 Å². The summed E-state index contributed by atoms with van der Waals surface area (Å²) in [6, 6.07) is 0. The van der Waals surface area contributed by atoms with E-state index in [-0.39, 0.29) is 18.5 Å². The highest BCUT2D eigenvalue weighted by molar-refractivity contribution is 6.00. The van der Waals surface area contributed by atoms with E-state index in [0.717, 1.165) is 0 Å². The maximum atomic E-state index is 11.3. The van der Waals surface area contributed by atoms with Gasteiger partial charge in [-0.15, -0.1) is 0 Å². The first-order chi connectivity index (χ1) is 6.15. The minimum atomic E-state index is -0.608. The van der Waals surface area contributed by atoms with Crippen LogP contribution in [0, 0.1) is 5.92 Å². The fourth-order valence-corrected chi connectivity index (χ4v) is 1.33. The minimum absolute atomic E-state index is 0.0324. The Bertz CT molecular complexity index is 212. The van der Waals surface area contributed by atoms with Crippen LogP contribution >= 0.6 is 0 Å². The summed E-state index contributed by atoms with van der Waals surface area (Å²) in [6.07, 6.45) is 0.407. The molecule has 1 saturated heterocycles. The number of hydrogen-bond donors (Lipinski definition) is 0. The number of carbonyl (C=O) groups is 2. The van der Waals surface area contributed by atoms with Crippen LogP contribution in [0.1, 0.15) is 20.3 Å². The third-order valence-corrected chi connectivity index (χ3v) is 2.04. The van der Waals surface area contributed by atoms with Gasteiger partial charge in [-0.3, -0.25) is 9.59 Å². The predicted molar refractivity (Wildman–Crippen MR) is 45.2 cm³/mol. The second-order valence-corrected chi connectivity index (χ2v) is 3.13. The van der Waals surface area contributed by atoms with E-state index in [2.05, 4.69) is 0 Å². The highest BCUT2D eigenvalue weighted by Crippen LogP contribution is 2.18. The Balaban J connectivity index is 2.55. The number of rotatable bonds is 2. The summed E-state index contributed by atoms with van der Waals surface area (Å²) < 4.78 is 9.88. The van der Waals surface area contributed by atoms with Crippen molar-refractivity contribution in [2.75, 3.05) is 13.2 Å². The number of hydrogen-bond acceptors (Lipinski definition) is 4. The fraction of sp³-hybridized carbons (Fsp3) is 0.778. The fourth-order valence-electron chi connectivity index (χ4n) is 1.33. The molecule has 4 nitrogen and oxygen atoms in total. The lowest BCUT2D eigenvalue weighted by Crippen LogP contribution is -2.37. The van der Waals surface area contributed by atoms with Crippen molar-refractivity contribution in [1.82, 2.24) is 0 Å². The summed E-state index contributed by atoms with van der Waals surface area (Å²) in [5.74, 6) is -1.19. The molecule has 0 bridgehead atoms. The smallest absolute Gasteiger partial charge is 0.316 e. The van der Waals surface area contributed by atoms with Gasteiger partial charge in [0.1, 0.15) is 12.5 Å². The first-order valence-electron chi connectivity index (χ1n) is 4.46. The SMILES string of the molecule is CCOC(=O)C1CC(C)OCC1=O. The monoisotopic (exact) mass is 186 g/mol. The summed E-state index contributed by atoms with van der Waals surface area (Å²) in [6.45, 7) is 3.92. The maximum Gasteiger partial charge on any atom is 0.316 e. The molecule has 4 heteroatoms. The van der Waals surface area contributed by atoms with E-state index in [1.807, 2.05) is 6.92 Å². The van der Waals surface area contributed by atoms with Gasteiger partial charge in [-0.1, -0.05) is 0 Å². The Morgan fingerprint density at radius 2 is 2.38 bits per heavy atom. The first-order valence-corrected chi connectivity index (χ1v) is 4.46. The summed E-state index contributed by atoms with van der Waals surface area (Å²) in [7, 11) is 0. The average molecular weight is 186 g/mol. The van der Waals surface area contributed by atoms with Crippen molar-refractivity contribution in [3.05, 3.63) is 0 Å². The summed E-state index contributed by atoms with van der Waals surface area (Å²) in [5, 5.41) is 0. The lowest BCUT2D eigenvalue weighted by Gasteiger charge is -2.24. The largest absolute Gasteiger partial charge is 0.465 e. The van der Waals surface area contributed by atoms with Crippen LogP contribution in [-0.4, -0.2) is 31.1 Å². The molecule has 1 aliphatic rings. The Labute approximate surface area is 77.2 Å². The Kier molecular flexibility index (Phi) is 3.42. The van der Waals surface area contributed by atoms with Gasteiger partial charge in [0.25, 0.3) is 0 Å². The van der Waals surface area contributed by atoms with Gasteiger partial charge in [0.15, 0.2) is 5.78 Å². The third kappa shape index (κ3) is 2.52. The van der Waals surface area contributed by atoms with Gasteiger partial charge in [-0.25, -0.2) is 0 Å². The van der Waals surface area contributed by atoms with Crippen molar-refractivity contribution in [2.24, 2.45) is 5.92 Å². The van der Waals surface area contributed by atoms with Crippen LogP contribution in [0.25, 0.3) is 0 Å². The molecule has 2 atom stereocenters. The normalized spacial score (nSPS) is 28.6. The molecule has 0 amide bonds. The molecule has 0 radical (unpaired) electrons. The molecule has 13 heavy (non-hydrogen) atoms. The van der Waals surface area contributed by atoms with Gasteiger partial charge in [-0.05, 0) is 20.3 Å². The zero-order valence-electron chi connectivity index (χ0n) is 7.91. The maximum absolute atomic E-state index is 11.3. The van der Waals surface area contributed by atoms with Crippen LogP contribution in [0.15, 0.2) is 0 Å². The third-order valence-electron chi connectivity index (χ3n) is 2.04. The molecular weight excluding hydrogens is 172 g/mol. The molecule has 0 aromatic carbocycles. The second kappa shape index (κ2) is 4.37. The molecule has 0 spiro atoms. The summed E-state index contributed by atoms with van der Waals surface area (Å²) >= 11 is 0. The highest BCUT2D eigenvalue weighted by Gasteiger charge is 2.33. The number of Topliss-reactive ketones (excluding diaryl/α,β-unsaturated/α-hetero) is 1. The number of esters is 1. The molecule has 0 saturated carbocycles. The van der Waals surface area contributed by atoms with E-state index in [1.165, 1.54) is 0 Å². The zero-order chi connectivity index (χ0) is 9.84. The molecule has 0 N–H and O–H groups in total. The Hall–Kier alpha value is -0.900. The van der Waals surface area contributed by atoms with Gasteiger partial charge >= 0.3 is 5.97 Å². The number of ether oxygens (including phenoxy) is 2. The van der Waals surface area contributed by atoms with Gasteiger partial charge in [0.2, 0.25) is 0 Å². The molecule has 2 unspecified atom stereocenters. The average Bonchev–Trinajstić information content (AvgIpc) is 2.09. The minimum Gasteiger partial charge on any atom is -0.465 e. The van der Waals surface area contributed by atoms with Crippen LogP contribution in [0.3, 0.4) is 0 Å². The number of carbonyl (C=O) groups excluding carboxylic acids is 2. The molecule has 1 fully saturated rings. The van der Waals surface area contributed by atoms with Crippen molar-refractivity contribution in [3.63, 3.8) is 0 Å². The Morgan fingerprint density at radius 3 is 3.00 bits per heavy atom. The van der Waals surface area contributed by atoms with Crippen LogP contribution in [0.2, 0.25) is 0 Å². The van der Waals surface area contributed by atoms with E-state index >= 15 is 0 Å². The van der Waals surface area contributed by atoms with E-state index in [9.17, 15) is 9.59 Å². The van der Waals surface area contributed by atoms with E-state index < -0.39 is 11.9 Å². The van der Waals surface area contributed by atoms with E-state index in [1.54, 1.807) is 6.92 Å². The molecule has 0 aromatic heterocycles. The Morgan fingerprint density at radius 1 is 1.69 bits per heavy atom. The lowest BCUT2D eigenvalue weighted by atomic mass is 9.95. The van der Waals surface area contributed by atoms with Gasteiger partial charge < -0.3 is 9.47 Å². The molecule has 1 rings (SSSR count). The van der Waals surface area contributed by atoms with Crippen LogP contribution < -0.4 is 0 Å². The molecule has 1 aliphatic heterocycles. The zero-order valence-corrected chi connectivity index (χ0v) is 7.91. The highest BCUT2D eigenvalue weighted by atomic mass is 16.5. The molecular formula is C9H14O4. The van der Waals surface area contributed by atoms with Crippen LogP contribution in [0.5, 0.6) is 0 Å². The first kappa shape index (κ1) is 10.2. The molecule has 0 aliphatic carbocycles. The summed E-state index contributed by atoms with van der Waals surface area (Å²) in [5.41, 5.74) is 0. The standard InChI is InChI=1S/C9H14O4/c1-3-12-9(11)7-4-6(2)13-5-8(7)10/h6-7H,3-5H2,1-2H3. The van der Waals surface area contributed by atoms with Gasteiger partial charge in [0.05, 0.1) is 12.7 Å². The lowest BCUT2D eigenvalue weighted by molar-refractivity contribution is -0.158. The van der Waals surface area contributed by atoms with Crippen molar-refractivity contribution in [3.8, 4) is 0 Å². The molecule has 74 valence electrons. The van der Waals surface area contributed by atoms with Crippen LogP contribution in [0.4, 0.5) is 0 Å². The van der Waals surface area contributed by atoms with Gasteiger partial charge in [0, 0.05) is 0 Å². The quantitative estimate of drug-likeness (QED) is 0.466. The second-order valence-electron chi connectivity index (χ2n) is 3.13.